The minimum Gasteiger partial charge on any atom is -0.352 e. The molecule has 1 aromatic heterocycles. The number of anilines is 1. The van der Waals surface area contributed by atoms with Gasteiger partial charge >= 0.3 is 0 Å². The number of hydrogen-bond acceptors (Lipinski definition) is 3. The van der Waals surface area contributed by atoms with Crippen LogP contribution in [0.25, 0.3) is 11.0 Å². The molecule has 7 heteroatoms. The monoisotopic (exact) mass is 424 g/mol. The molecule has 2 heterocycles. The number of aromatic nitrogens is 2. The van der Waals surface area contributed by atoms with Crippen LogP contribution in [0.2, 0.25) is 5.02 Å². The van der Waals surface area contributed by atoms with Crippen molar-refractivity contribution < 1.29 is 9.59 Å². The van der Waals surface area contributed by atoms with E-state index in [0.717, 1.165) is 35.5 Å². The van der Waals surface area contributed by atoms with Crippen LogP contribution < -0.4 is 10.6 Å². The lowest BCUT2D eigenvalue weighted by molar-refractivity contribution is -0.116. The maximum absolute atomic E-state index is 12.3. The number of imidazole rings is 1. The maximum Gasteiger partial charge on any atom is 0.251 e. The Morgan fingerprint density at radius 2 is 1.90 bits per heavy atom. The molecule has 2 amide bonds. The fourth-order valence-electron chi connectivity index (χ4n) is 3.81. The van der Waals surface area contributed by atoms with Crippen molar-refractivity contribution in [2.24, 2.45) is 0 Å². The van der Waals surface area contributed by atoms with Gasteiger partial charge < -0.3 is 15.2 Å². The Morgan fingerprint density at radius 1 is 1.07 bits per heavy atom. The number of halogens is 1. The normalized spacial score (nSPS) is 13.5. The largest absolute Gasteiger partial charge is 0.352 e. The fourth-order valence-corrected chi connectivity index (χ4v) is 3.93. The number of fused-ring (bicyclic) bond motifs is 3. The second-order valence-corrected chi connectivity index (χ2v) is 8.04. The molecule has 0 fully saturated rings. The topological polar surface area (TPSA) is 76.0 Å². The summed E-state index contributed by atoms with van der Waals surface area (Å²) in [5.41, 5.74) is 3.37. The average Bonchev–Trinajstić information content (AvgIpc) is 2.91. The van der Waals surface area contributed by atoms with Crippen molar-refractivity contribution in [1.29, 1.82) is 0 Å². The van der Waals surface area contributed by atoms with Crippen molar-refractivity contribution in [3.63, 3.8) is 0 Å². The molecule has 3 aromatic rings. The van der Waals surface area contributed by atoms with Crippen LogP contribution in [0.5, 0.6) is 0 Å². The molecule has 30 heavy (non-hydrogen) atoms. The van der Waals surface area contributed by atoms with Crippen molar-refractivity contribution in [3.05, 3.63) is 58.9 Å². The number of aryl methyl sites for hydroxylation is 2. The lowest BCUT2D eigenvalue weighted by Crippen LogP contribution is -2.25. The highest BCUT2D eigenvalue weighted by Gasteiger charge is 2.14. The Kier molecular flexibility index (Phi) is 6.33. The highest BCUT2D eigenvalue weighted by Crippen LogP contribution is 2.24. The van der Waals surface area contributed by atoms with Crippen LogP contribution >= 0.6 is 11.6 Å². The van der Waals surface area contributed by atoms with Crippen molar-refractivity contribution >= 4 is 40.1 Å². The van der Waals surface area contributed by atoms with Gasteiger partial charge in [0.2, 0.25) is 5.91 Å². The van der Waals surface area contributed by atoms with Gasteiger partial charge in [0, 0.05) is 42.2 Å². The molecule has 2 N–H and O–H groups in total. The number of amides is 2. The van der Waals surface area contributed by atoms with Crippen LogP contribution in [0, 0.1) is 0 Å². The Morgan fingerprint density at radius 3 is 2.73 bits per heavy atom. The molecule has 0 saturated carbocycles. The summed E-state index contributed by atoms with van der Waals surface area (Å²) >= 11 is 5.83. The zero-order valence-electron chi connectivity index (χ0n) is 16.8. The van der Waals surface area contributed by atoms with Crippen LogP contribution in [0.15, 0.2) is 42.5 Å². The molecule has 1 aliphatic heterocycles. The number of rotatable bonds is 6. The number of nitrogens with one attached hydrogen (secondary N) is 2. The number of nitrogens with zero attached hydrogens (tertiary/aromatic N) is 2. The molecule has 0 atom stereocenters. The molecule has 2 aromatic carbocycles. The molecule has 4 rings (SSSR count). The van der Waals surface area contributed by atoms with Crippen LogP contribution in [-0.4, -0.2) is 27.9 Å². The lowest BCUT2D eigenvalue weighted by Gasteiger charge is -2.08. The summed E-state index contributed by atoms with van der Waals surface area (Å²) in [6.45, 7) is 1.45. The van der Waals surface area contributed by atoms with Crippen molar-refractivity contribution in [1.82, 2.24) is 14.9 Å². The van der Waals surface area contributed by atoms with E-state index in [-0.39, 0.29) is 11.8 Å². The molecule has 0 unspecified atom stereocenters. The summed E-state index contributed by atoms with van der Waals surface area (Å²) in [5.74, 6) is 0.898. The molecule has 6 nitrogen and oxygen atoms in total. The number of carbonyl (C=O) groups is 2. The predicted octanol–water partition coefficient (Wildman–Crippen LogP) is 4.56. The third-order valence-electron chi connectivity index (χ3n) is 5.37. The zero-order valence-corrected chi connectivity index (χ0v) is 17.5. The van der Waals surface area contributed by atoms with Gasteiger partial charge in [-0.3, -0.25) is 9.59 Å². The highest BCUT2D eigenvalue weighted by atomic mass is 35.5. The first-order chi connectivity index (χ1) is 14.6. The Hall–Kier alpha value is -2.86. The van der Waals surface area contributed by atoms with E-state index < -0.39 is 0 Å². The number of hydrogen-bond donors (Lipinski definition) is 2. The molecule has 0 saturated heterocycles. The average molecular weight is 425 g/mol. The van der Waals surface area contributed by atoms with Crippen molar-refractivity contribution in [3.8, 4) is 0 Å². The second kappa shape index (κ2) is 9.30. The van der Waals surface area contributed by atoms with Gasteiger partial charge in [0.05, 0.1) is 11.0 Å². The van der Waals surface area contributed by atoms with E-state index in [0.29, 0.717) is 30.0 Å². The van der Waals surface area contributed by atoms with Gasteiger partial charge in [-0.2, -0.15) is 0 Å². The van der Waals surface area contributed by atoms with Gasteiger partial charge in [0.15, 0.2) is 0 Å². The standard InChI is InChI=1S/C23H25ClN4O2/c24-17-9-7-16(8-10-17)23(30)25-13-4-6-22(29)26-18-11-12-20-19(15-18)27-21-5-2-1-3-14-28(20)21/h7-12,15H,1-6,13-14H2,(H,25,30)(H,26,29). The predicted molar refractivity (Wildman–Crippen MR) is 119 cm³/mol. The second-order valence-electron chi connectivity index (χ2n) is 7.61. The Bertz CT molecular complexity index is 1060. The Labute approximate surface area is 180 Å². The third-order valence-corrected chi connectivity index (χ3v) is 5.62. The van der Waals surface area contributed by atoms with E-state index in [4.69, 9.17) is 16.6 Å². The van der Waals surface area contributed by atoms with Crippen LogP contribution in [0.1, 0.15) is 48.3 Å². The molecule has 0 spiro atoms. The van der Waals surface area contributed by atoms with E-state index in [2.05, 4.69) is 15.2 Å². The summed E-state index contributed by atoms with van der Waals surface area (Å²) in [5, 5.41) is 6.35. The summed E-state index contributed by atoms with van der Waals surface area (Å²) in [7, 11) is 0. The first-order valence-electron chi connectivity index (χ1n) is 10.4. The molecular formula is C23H25ClN4O2. The molecule has 0 bridgehead atoms. The van der Waals surface area contributed by atoms with Gasteiger partial charge in [0.1, 0.15) is 5.82 Å². The lowest BCUT2D eigenvalue weighted by atomic mass is 10.2. The SMILES string of the molecule is O=C(CCCNC(=O)c1ccc(Cl)cc1)Nc1ccc2c(c1)nc1n2CCCCC1. The number of benzene rings is 2. The molecule has 156 valence electrons. The smallest absolute Gasteiger partial charge is 0.251 e. The van der Waals surface area contributed by atoms with E-state index >= 15 is 0 Å². The highest BCUT2D eigenvalue weighted by molar-refractivity contribution is 6.30. The van der Waals surface area contributed by atoms with E-state index in [9.17, 15) is 9.59 Å². The minimum atomic E-state index is -0.169. The van der Waals surface area contributed by atoms with Crippen molar-refractivity contribution in [2.45, 2.75) is 45.1 Å². The first kappa shape index (κ1) is 20.4. The fraction of sp³-hybridized carbons (Fsp3) is 0.348. The Balaban J connectivity index is 1.27. The molecule has 0 aliphatic carbocycles. The maximum atomic E-state index is 12.3. The van der Waals surface area contributed by atoms with Gasteiger partial charge in [-0.05, 0) is 61.7 Å². The summed E-state index contributed by atoms with van der Waals surface area (Å²) < 4.78 is 2.30. The molecule has 0 radical (unpaired) electrons. The summed E-state index contributed by atoms with van der Waals surface area (Å²) in [6, 6.07) is 12.6. The van der Waals surface area contributed by atoms with Crippen LogP contribution in [0.3, 0.4) is 0 Å². The van der Waals surface area contributed by atoms with E-state index in [1.54, 1.807) is 24.3 Å². The quantitative estimate of drug-likeness (QED) is 0.569. The third kappa shape index (κ3) is 4.82. The van der Waals surface area contributed by atoms with Crippen LogP contribution in [0.4, 0.5) is 5.69 Å². The van der Waals surface area contributed by atoms with Gasteiger partial charge in [-0.15, -0.1) is 0 Å². The van der Waals surface area contributed by atoms with Gasteiger partial charge in [0.25, 0.3) is 5.91 Å². The molecular weight excluding hydrogens is 400 g/mol. The van der Waals surface area contributed by atoms with Crippen molar-refractivity contribution in [2.75, 3.05) is 11.9 Å². The van der Waals surface area contributed by atoms with Gasteiger partial charge in [-0.1, -0.05) is 18.0 Å². The van der Waals surface area contributed by atoms with Crippen LogP contribution in [-0.2, 0) is 17.8 Å². The first-order valence-corrected chi connectivity index (χ1v) is 10.8. The summed E-state index contributed by atoms with van der Waals surface area (Å²) in [6.07, 6.45) is 5.52. The molecule has 1 aliphatic rings. The van der Waals surface area contributed by atoms with Gasteiger partial charge in [-0.25, -0.2) is 4.98 Å². The zero-order chi connectivity index (χ0) is 20.9. The van der Waals surface area contributed by atoms with E-state index in [1.807, 2.05) is 18.2 Å². The van der Waals surface area contributed by atoms with E-state index in [1.165, 1.54) is 19.3 Å². The number of carbonyl (C=O) groups excluding carboxylic acids is 2. The summed E-state index contributed by atoms with van der Waals surface area (Å²) in [4.78, 5) is 29.1. The minimum absolute atomic E-state index is 0.0733.